The van der Waals surface area contributed by atoms with Crippen molar-refractivity contribution in [1.82, 2.24) is 5.32 Å². The number of hydrogen-bond acceptors (Lipinski definition) is 2. The predicted molar refractivity (Wildman–Crippen MR) is 76.6 cm³/mol. The predicted octanol–water partition coefficient (Wildman–Crippen LogP) is 2.62. The molecule has 2 N–H and O–H groups in total. The van der Waals surface area contributed by atoms with Gasteiger partial charge in [0.15, 0.2) is 0 Å². The van der Waals surface area contributed by atoms with Crippen LogP contribution < -0.4 is 5.32 Å². The summed E-state index contributed by atoms with van der Waals surface area (Å²) in [7, 11) is 0. The van der Waals surface area contributed by atoms with Crippen molar-refractivity contribution in [2.75, 3.05) is 0 Å². The maximum Gasteiger partial charge on any atom is 0.326 e. The molecule has 0 unspecified atom stereocenters. The van der Waals surface area contributed by atoms with E-state index in [2.05, 4.69) is 5.32 Å². The van der Waals surface area contributed by atoms with Crippen LogP contribution in [0.4, 0.5) is 8.78 Å². The molecule has 0 radical (unpaired) electrons. The van der Waals surface area contributed by atoms with Gasteiger partial charge in [-0.1, -0.05) is 30.3 Å². The van der Waals surface area contributed by atoms with Gasteiger partial charge >= 0.3 is 5.97 Å². The summed E-state index contributed by atoms with van der Waals surface area (Å²) in [6, 6.07) is 7.92. The Kier molecular flexibility index (Phi) is 5.11. The molecule has 4 nitrogen and oxygen atoms in total. The topological polar surface area (TPSA) is 66.4 Å². The summed E-state index contributed by atoms with van der Waals surface area (Å²) >= 11 is 0. The molecule has 0 aromatic heterocycles. The minimum absolute atomic E-state index is 0.0938. The van der Waals surface area contributed by atoms with E-state index < -0.39 is 29.8 Å². The number of carboxylic acids is 1. The van der Waals surface area contributed by atoms with E-state index in [4.69, 9.17) is 0 Å². The minimum Gasteiger partial charge on any atom is -0.480 e. The van der Waals surface area contributed by atoms with Crippen LogP contribution in [0, 0.1) is 5.92 Å². The molecule has 1 atom stereocenters. The van der Waals surface area contributed by atoms with Gasteiger partial charge in [-0.3, -0.25) is 4.79 Å². The first-order chi connectivity index (χ1) is 10.4. The smallest absolute Gasteiger partial charge is 0.326 e. The van der Waals surface area contributed by atoms with Crippen molar-refractivity contribution < 1.29 is 23.5 Å². The summed E-state index contributed by atoms with van der Waals surface area (Å²) in [5.74, 6) is -4.80. The third kappa shape index (κ3) is 4.51. The molecule has 1 aromatic carbocycles. The van der Waals surface area contributed by atoms with Gasteiger partial charge in [-0.05, 0) is 18.4 Å². The Morgan fingerprint density at radius 2 is 1.82 bits per heavy atom. The normalized spacial score (nSPS) is 19.4. The van der Waals surface area contributed by atoms with E-state index >= 15 is 0 Å². The van der Waals surface area contributed by atoms with Gasteiger partial charge in [0.05, 0.1) is 0 Å². The van der Waals surface area contributed by atoms with Crippen LogP contribution in [0.5, 0.6) is 0 Å². The number of amides is 1. The Bertz CT molecular complexity index is 523. The van der Waals surface area contributed by atoms with Crippen LogP contribution in [-0.4, -0.2) is 28.9 Å². The third-order valence-corrected chi connectivity index (χ3v) is 3.99. The van der Waals surface area contributed by atoms with Gasteiger partial charge in [0.1, 0.15) is 6.04 Å². The lowest BCUT2D eigenvalue weighted by Gasteiger charge is -2.28. The van der Waals surface area contributed by atoms with E-state index in [-0.39, 0.29) is 32.1 Å². The Labute approximate surface area is 127 Å². The molecule has 6 heteroatoms. The highest BCUT2D eigenvalue weighted by Gasteiger charge is 2.38. The van der Waals surface area contributed by atoms with E-state index in [0.29, 0.717) is 0 Å². The summed E-state index contributed by atoms with van der Waals surface area (Å²) in [4.78, 5) is 23.4. The van der Waals surface area contributed by atoms with Gasteiger partial charge < -0.3 is 10.4 Å². The summed E-state index contributed by atoms with van der Waals surface area (Å²) in [6.45, 7) is 0. The number of rotatable bonds is 5. The van der Waals surface area contributed by atoms with Gasteiger partial charge in [0.25, 0.3) is 0 Å². The second-order valence-corrected chi connectivity index (χ2v) is 5.72. The highest BCUT2D eigenvalue weighted by molar-refractivity contribution is 5.85. The van der Waals surface area contributed by atoms with Crippen molar-refractivity contribution in [2.24, 2.45) is 5.92 Å². The molecule has 1 aromatic rings. The van der Waals surface area contributed by atoms with Crippen LogP contribution >= 0.6 is 0 Å². The zero-order chi connectivity index (χ0) is 16.2. The van der Waals surface area contributed by atoms with Crippen molar-refractivity contribution in [2.45, 2.75) is 44.1 Å². The average molecular weight is 311 g/mol. The van der Waals surface area contributed by atoms with Crippen LogP contribution in [-0.2, 0) is 16.0 Å². The molecule has 0 saturated heterocycles. The highest BCUT2D eigenvalue weighted by atomic mass is 19.3. The zero-order valence-corrected chi connectivity index (χ0v) is 12.1. The van der Waals surface area contributed by atoms with Crippen LogP contribution in [0.2, 0.25) is 0 Å². The van der Waals surface area contributed by atoms with Gasteiger partial charge in [0.2, 0.25) is 11.8 Å². The Morgan fingerprint density at radius 3 is 2.36 bits per heavy atom. The van der Waals surface area contributed by atoms with E-state index in [9.17, 15) is 23.5 Å². The van der Waals surface area contributed by atoms with Crippen molar-refractivity contribution in [1.29, 1.82) is 0 Å². The lowest BCUT2D eigenvalue weighted by molar-refractivity contribution is -0.143. The molecule has 1 saturated carbocycles. The van der Waals surface area contributed by atoms with Crippen molar-refractivity contribution >= 4 is 11.9 Å². The first-order valence-corrected chi connectivity index (χ1v) is 7.32. The molecule has 1 aliphatic carbocycles. The van der Waals surface area contributed by atoms with Crippen molar-refractivity contribution in [3.05, 3.63) is 35.9 Å². The Morgan fingerprint density at radius 1 is 1.23 bits per heavy atom. The van der Waals surface area contributed by atoms with E-state index in [1.54, 1.807) is 24.3 Å². The molecule has 120 valence electrons. The molecule has 2 rings (SSSR count). The number of carboxylic acid groups (broad SMARTS) is 1. The number of halogens is 2. The van der Waals surface area contributed by atoms with E-state index in [1.807, 2.05) is 6.07 Å². The molecule has 1 fully saturated rings. The highest BCUT2D eigenvalue weighted by Crippen LogP contribution is 2.36. The Balaban J connectivity index is 1.93. The number of carbonyl (C=O) groups excluding carboxylic acids is 1. The van der Waals surface area contributed by atoms with Crippen LogP contribution in [0.1, 0.15) is 31.2 Å². The average Bonchev–Trinajstić information content (AvgIpc) is 2.47. The lowest BCUT2D eigenvalue weighted by Crippen LogP contribution is -2.46. The second kappa shape index (κ2) is 6.85. The first kappa shape index (κ1) is 16.4. The summed E-state index contributed by atoms with van der Waals surface area (Å²) in [6.07, 6.45) is -0.277. The summed E-state index contributed by atoms with van der Waals surface area (Å²) < 4.78 is 26.2. The fraction of sp³-hybridized carbons (Fsp3) is 0.500. The quantitative estimate of drug-likeness (QED) is 0.878. The summed E-state index contributed by atoms with van der Waals surface area (Å²) in [5, 5.41) is 11.7. The standard InChI is InChI=1S/C16H19F2NO3/c17-16(18)8-6-12(7-9-16)14(20)19-13(15(21)22)10-11-4-2-1-3-5-11/h1-5,12-13H,6-10H2,(H,19,20)(H,21,22)/t13-/m0/s1. The molecule has 1 aliphatic rings. The largest absolute Gasteiger partial charge is 0.480 e. The molecule has 0 spiro atoms. The van der Waals surface area contributed by atoms with E-state index in [0.717, 1.165) is 5.56 Å². The molecule has 22 heavy (non-hydrogen) atoms. The number of hydrogen-bond donors (Lipinski definition) is 2. The van der Waals surface area contributed by atoms with Gasteiger partial charge in [0, 0.05) is 25.2 Å². The van der Waals surface area contributed by atoms with Gasteiger partial charge in [-0.15, -0.1) is 0 Å². The number of benzene rings is 1. The minimum atomic E-state index is -2.70. The first-order valence-electron chi connectivity index (χ1n) is 7.32. The van der Waals surface area contributed by atoms with Crippen LogP contribution in [0.3, 0.4) is 0 Å². The molecule has 0 heterocycles. The van der Waals surface area contributed by atoms with Gasteiger partial charge in [-0.2, -0.15) is 0 Å². The fourth-order valence-electron chi connectivity index (χ4n) is 2.64. The lowest BCUT2D eigenvalue weighted by atomic mass is 9.86. The van der Waals surface area contributed by atoms with Crippen molar-refractivity contribution in [3.8, 4) is 0 Å². The second-order valence-electron chi connectivity index (χ2n) is 5.72. The van der Waals surface area contributed by atoms with Crippen LogP contribution in [0.25, 0.3) is 0 Å². The molecule has 0 aliphatic heterocycles. The fourth-order valence-corrected chi connectivity index (χ4v) is 2.64. The number of nitrogens with one attached hydrogen (secondary N) is 1. The third-order valence-electron chi connectivity index (χ3n) is 3.99. The van der Waals surface area contributed by atoms with E-state index in [1.165, 1.54) is 0 Å². The monoisotopic (exact) mass is 311 g/mol. The number of carbonyl (C=O) groups is 2. The molecule has 1 amide bonds. The zero-order valence-electron chi connectivity index (χ0n) is 12.1. The van der Waals surface area contributed by atoms with Gasteiger partial charge in [-0.25, -0.2) is 13.6 Å². The summed E-state index contributed by atoms with van der Waals surface area (Å²) in [5.41, 5.74) is 0.797. The maximum atomic E-state index is 13.1. The Hall–Kier alpha value is -1.98. The molecular formula is C16H19F2NO3. The number of aliphatic carboxylic acids is 1. The SMILES string of the molecule is O=C(N[C@@H](Cc1ccccc1)C(=O)O)C1CCC(F)(F)CC1. The van der Waals surface area contributed by atoms with Crippen molar-refractivity contribution in [3.63, 3.8) is 0 Å². The van der Waals surface area contributed by atoms with Crippen LogP contribution in [0.15, 0.2) is 30.3 Å². The molecular weight excluding hydrogens is 292 g/mol. The maximum absolute atomic E-state index is 13.1. The molecule has 0 bridgehead atoms. The number of alkyl halides is 2.